The lowest BCUT2D eigenvalue weighted by Crippen LogP contribution is -2.35. The van der Waals surface area contributed by atoms with Crippen LogP contribution in [-0.4, -0.2) is 28.7 Å². The summed E-state index contributed by atoms with van der Waals surface area (Å²) in [6.45, 7) is 3.32. The van der Waals surface area contributed by atoms with E-state index in [4.69, 9.17) is 5.73 Å². The Labute approximate surface area is 168 Å². The lowest BCUT2D eigenvalue weighted by molar-refractivity contribution is 0.417. The van der Waals surface area contributed by atoms with Crippen LogP contribution < -0.4 is 21.9 Å². The van der Waals surface area contributed by atoms with Gasteiger partial charge < -0.3 is 10.6 Å². The van der Waals surface area contributed by atoms with Gasteiger partial charge in [0, 0.05) is 30.7 Å². The molecule has 1 aromatic heterocycles. The first kappa shape index (κ1) is 19.5. The molecule has 1 aromatic carbocycles. The molecule has 1 aliphatic heterocycles. The first-order chi connectivity index (χ1) is 13.0. The Hall–Kier alpha value is -1.86. The molecule has 3 aliphatic rings. The van der Waals surface area contributed by atoms with Gasteiger partial charge in [-0.3, -0.25) is 14.3 Å². The van der Waals surface area contributed by atoms with E-state index in [-0.39, 0.29) is 29.9 Å². The van der Waals surface area contributed by atoms with E-state index in [0.717, 1.165) is 32.4 Å². The molecule has 0 radical (unpaired) electrons. The number of aromatic nitrogens is 2. The maximum atomic E-state index is 15.0. The van der Waals surface area contributed by atoms with Gasteiger partial charge in [0.2, 0.25) is 0 Å². The monoisotopic (exact) mass is 408 g/mol. The molecule has 6 nitrogen and oxygen atoms in total. The highest BCUT2D eigenvalue weighted by Gasteiger charge is 2.38. The van der Waals surface area contributed by atoms with Crippen molar-refractivity contribution in [1.82, 2.24) is 9.55 Å². The molecular weight excluding hydrogens is 383 g/mol. The summed E-state index contributed by atoms with van der Waals surface area (Å²) in [7, 11) is 0. The molecule has 5 rings (SSSR count). The average Bonchev–Trinajstić information content (AvgIpc) is 3.54. The van der Waals surface area contributed by atoms with Gasteiger partial charge in [-0.25, -0.2) is 9.18 Å². The van der Waals surface area contributed by atoms with Crippen LogP contribution in [0, 0.1) is 24.6 Å². The lowest BCUT2D eigenvalue weighted by Gasteiger charge is -2.25. The summed E-state index contributed by atoms with van der Waals surface area (Å²) in [6.07, 6.45) is 5.19. The Kier molecular flexibility index (Phi) is 4.78. The van der Waals surface area contributed by atoms with Gasteiger partial charge in [0.05, 0.1) is 16.6 Å². The fourth-order valence-corrected chi connectivity index (χ4v) is 4.81. The fourth-order valence-electron chi connectivity index (χ4n) is 4.81. The molecule has 0 bridgehead atoms. The Morgan fingerprint density at radius 1 is 1.18 bits per heavy atom. The third kappa shape index (κ3) is 3.05. The number of rotatable bonds is 4. The molecular formula is C20H26ClFN4O2. The number of nitrogens with two attached hydrogens (primary N) is 1. The van der Waals surface area contributed by atoms with Gasteiger partial charge in [0.15, 0.2) is 0 Å². The quantitative estimate of drug-likeness (QED) is 0.813. The van der Waals surface area contributed by atoms with Gasteiger partial charge in [0.1, 0.15) is 5.82 Å². The molecule has 2 atom stereocenters. The van der Waals surface area contributed by atoms with E-state index in [1.165, 1.54) is 18.9 Å². The summed E-state index contributed by atoms with van der Waals surface area (Å²) < 4.78 is 16.7. The van der Waals surface area contributed by atoms with Crippen LogP contribution in [0.2, 0.25) is 0 Å². The highest BCUT2D eigenvalue weighted by Crippen LogP contribution is 2.41. The standard InChI is InChI=1S/C20H25FN4O2.ClH/c1-10-17-14(19(26)23-20(27)25(17)13-4-5-13)8-15(21)18(10)24-7-6-12(9-24)16(22)11-2-3-11;/h8,11-13,16H,2-7,9,22H2,1H3,(H,23,26,27);1H. The maximum absolute atomic E-state index is 15.0. The number of halogens is 2. The molecule has 2 heterocycles. The number of benzene rings is 1. The average molecular weight is 409 g/mol. The lowest BCUT2D eigenvalue weighted by atomic mass is 9.96. The van der Waals surface area contributed by atoms with Gasteiger partial charge in [-0.15, -0.1) is 12.4 Å². The number of hydrogen-bond donors (Lipinski definition) is 2. The van der Waals surface area contributed by atoms with Crippen LogP contribution in [0.4, 0.5) is 10.1 Å². The zero-order valence-electron chi connectivity index (χ0n) is 15.9. The van der Waals surface area contributed by atoms with E-state index >= 15 is 4.39 Å². The van der Waals surface area contributed by atoms with Crippen LogP contribution in [0.15, 0.2) is 15.7 Å². The largest absolute Gasteiger partial charge is 0.369 e. The summed E-state index contributed by atoms with van der Waals surface area (Å²) >= 11 is 0. The van der Waals surface area contributed by atoms with E-state index in [0.29, 0.717) is 28.6 Å². The van der Waals surface area contributed by atoms with E-state index in [1.807, 2.05) is 6.92 Å². The van der Waals surface area contributed by atoms with E-state index in [2.05, 4.69) is 9.88 Å². The molecule has 28 heavy (non-hydrogen) atoms. The third-order valence-corrected chi connectivity index (χ3v) is 6.55. The van der Waals surface area contributed by atoms with Gasteiger partial charge in [-0.1, -0.05) is 0 Å². The third-order valence-electron chi connectivity index (χ3n) is 6.55. The SMILES string of the molecule is Cc1c(N2CCC(C(N)C3CC3)C2)c(F)cc2c(=O)[nH]c(=O)n(C3CC3)c12.Cl. The Morgan fingerprint density at radius 2 is 1.89 bits per heavy atom. The van der Waals surface area contributed by atoms with E-state index < -0.39 is 17.1 Å². The zero-order valence-corrected chi connectivity index (χ0v) is 16.7. The molecule has 2 aromatic rings. The molecule has 2 aliphatic carbocycles. The second-order valence-electron chi connectivity index (χ2n) is 8.50. The number of hydrogen-bond acceptors (Lipinski definition) is 4. The fraction of sp³-hybridized carbons (Fsp3) is 0.600. The Balaban J connectivity index is 0.00000192. The van der Waals surface area contributed by atoms with Gasteiger partial charge in [-0.2, -0.15) is 0 Å². The summed E-state index contributed by atoms with van der Waals surface area (Å²) in [5, 5.41) is 0.255. The number of aryl methyl sites for hydroxylation is 1. The number of fused-ring (bicyclic) bond motifs is 1. The molecule has 0 spiro atoms. The van der Waals surface area contributed by atoms with Crippen molar-refractivity contribution in [2.45, 2.75) is 51.1 Å². The van der Waals surface area contributed by atoms with E-state index in [9.17, 15) is 9.59 Å². The summed E-state index contributed by atoms with van der Waals surface area (Å²) in [4.78, 5) is 29.1. The molecule has 152 valence electrons. The Morgan fingerprint density at radius 3 is 2.54 bits per heavy atom. The minimum absolute atomic E-state index is 0. The molecule has 0 amide bonds. The maximum Gasteiger partial charge on any atom is 0.329 e. The second kappa shape index (κ2) is 6.88. The van der Waals surface area contributed by atoms with Gasteiger partial charge in [-0.05, 0) is 56.9 Å². The minimum atomic E-state index is -0.518. The van der Waals surface area contributed by atoms with Crippen molar-refractivity contribution in [1.29, 1.82) is 0 Å². The number of aromatic amines is 1. The summed E-state index contributed by atoms with van der Waals surface area (Å²) in [5.74, 6) is 0.597. The smallest absolute Gasteiger partial charge is 0.329 e. The second-order valence-corrected chi connectivity index (χ2v) is 8.50. The first-order valence-electron chi connectivity index (χ1n) is 9.94. The highest BCUT2D eigenvalue weighted by molar-refractivity contribution is 5.87. The predicted octanol–water partition coefficient (Wildman–Crippen LogP) is 2.46. The first-order valence-corrected chi connectivity index (χ1v) is 9.94. The molecule has 3 fully saturated rings. The molecule has 8 heteroatoms. The highest BCUT2D eigenvalue weighted by atomic mass is 35.5. The zero-order chi connectivity index (χ0) is 18.9. The Bertz CT molecular complexity index is 1040. The van der Waals surface area contributed by atoms with Gasteiger partial charge >= 0.3 is 5.69 Å². The van der Waals surface area contributed by atoms with Crippen LogP contribution in [0.25, 0.3) is 10.9 Å². The van der Waals surface area contributed by atoms with E-state index in [1.54, 1.807) is 4.57 Å². The van der Waals surface area contributed by atoms with Crippen LogP contribution in [0.5, 0.6) is 0 Å². The molecule has 1 saturated heterocycles. The van der Waals surface area contributed by atoms with Crippen molar-refractivity contribution in [3.63, 3.8) is 0 Å². The molecule has 3 N–H and O–H groups in total. The number of anilines is 1. The number of nitrogens with one attached hydrogen (secondary N) is 1. The predicted molar refractivity (Wildman–Crippen MR) is 110 cm³/mol. The van der Waals surface area contributed by atoms with Crippen molar-refractivity contribution >= 4 is 29.0 Å². The van der Waals surface area contributed by atoms with Crippen LogP contribution in [0.1, 0.15) is 43.7 Å². The van der Waals surface area contributed by atoms with Crippen LogP contribution in [-0.2, 0) is 0 Å². The van der Waals surface area contributed by atoms with Crippen LogP contribution >= 0.6 is 12.4 Å². The van der Waals surface area contributed by atoms with Crippen LogP contribution in [0.3, 0.4) is 0 Å². The normalized spacial score (nSPS) is 23.1. The van der Waals surface area contributed by atoms with Crippen molar-refractivity contribution in [2.75, 3.05) is 18.0 Å². The van der Waals surface area contributed by atoms with Crippen molar-refractivity contribution < 1.29 is 4.39 Å². The van der Waals surface area contributed by atoms with Crippen molar-refractivity contribution in [2.24, 2.45) is 17.6 Å². The summed E-state index contributed by atoms with van der Waals surface area (Å²) in [6, 6.07) is 1.58. The molecule has 2 unspecified atom stereocenters. The topological polar surface area (TPSA) is 84.1 Å². The number of nitrogens with zero attached hydrogens (tertiary/aromatic N) is 2. The number of H-pyrrole nitrogens is 1. The summed E-state index contributed by atoms with van der Waals surface area (Å²) in [5.41, 5.74) is 7.26. The van der Waals surface area contributed by atoms with Gasteiger partial charge in [0.25, 0.3) is 5.56 Å². The minimum Gasteiger partial charge on any atom is -0.369 e. The molecule has 2 saturated carbocycles. The van der Waals surface area contributed by atoms with Crippen molar-refractivity contribution in [3.8, 4) is 0 Å². The van der Waals surface area contributed by atoms with Crippen molar-refractivity contribution in [3.05, 3.63) is 38.3 Å².